The predicted octanol–water partition coefficient (Wildman–Crippen LogP) is 3.56. The first-order valence-electron chi connectivity index (χ1n) is 7.61. The van der Waals surface area contributed by atoms with Crippen LogP contribution in [0.5, 0.6) is 0 Å². The SMILES string of the molecule is CC(C)=CC(O)(O)c1cccc(-c2cc(=O)c3ccccc3o2)c1. The summed E-state index contributed by atoms with van der Waals surface area (Å²) in [6, 6.07) is 15.1. The normalized spacial score (nSPS) is 11.5. The van der Waals surface area contributed by atoms with Gasteiger partial charge in [0.2, 0.25) is 5.79 Å². The van der Waals surface area contributed by atoms with Gasteiger partial charge in [0.1, 0.15) is 11.3 Å². The van der Waals surface area contributed by atoms with Crippen LogP contribution in [0.2, 0.25) is 0 Å². The molecule has 0 amide bonds. The van der Waals surface area contributed by atoms with Gasteiger partial charge in [-0.25, -0.2) is 0 Å². The van der Waals surface area contributed by atoms with Crippen molar-refractivity contribution in [2.45, 2.75) is 19.6 Å². The zero-order valence-electron chi connectivity index (χ0n) is 13.5. The van der Waals surface area contributed by atoms with E-state index in [2.05, 4.69) is 0 Å². The molecule has 2 N–H and O–H groups in total. The molecule has 0 fully saturated rings. The highest BCUT2D eigenvalue weighted by Gasteiger charge is 2.23. The second-order valence-electron chi connectivity index (χ2n) is 6.00. The van der Waals surface area contributed by atoms with E-state index in [9.17, 15) is 15.0 Å². The topological polar surface area (TPSA) is 70.7 Å². The maximum absolute atomic E-state index is 12.2. The molecule has 3 rings (SSSR count). The standard InChI is InChI=1S/C20H18O4/c1-13(2)12-20(22,23)15-7-5-6-14(10-15)19-11-17(21)16-8-3-4-9-18(16)24-19/h3-12,22-23H,1-2H3. The number of hydrogen-bond acceptors (Lipinski definition) is 4. The van der Waals surface area contributed by atoms with Crippen molar-refractivity contribution in [3.8, 4) is 11.3 Å². The lowest BCUT2D eigenvalue weighted by Crippen LogP contribution is -2.22. The van der Waals surface area contributed by atoms with Gasteiger partial charge in [0.05, 0.1) is 5.39 Å². The van der Waals surface area contributed by atoms with E-state index in [1.165, 1.54) is 12.1 Å². The van der Waals surface area contributed by atoms with E-state index in [4.69, 9.17) is 4.42 Å². The molecule has 0 saturated heterocycles. The number of allylic oxidation sites excluding steroid dienone is 1. The van der Waals surface area contributed by atoms with Gasteiger partial charge in [-0.3, -0.25) is 4.79 Å². The van der Waals surface area contributed by atoms with Crippen LogP contribution in [-0.2, 0) is 5.79 Å². The monoisotopic (exact) mass is 322 g/mol. The number of aliphatic hydroxyl groups is 2. The van der Waals surface area contributed by atoms with Crippen molar-refractivity contribution in [1.82, 2.24) is 0 Å². The van der Waals surface area contributed by atoms with Crippen molar-refractivity contribution in [2.75, 3.05) is 0 Å². The van der Waals surface area contributed by atoms with Crippen molar-refractivity contribution in [2.24, 2.45) is 0 Å². The predicted molar refractivity (Wildman–Crippen MR) is 93.5 cm³/mol. The Morgan fingerprint density at radius 3 is 2.54 bits per heavy atom. The molecule has 0 radical (unpaired) electrons. The van der Waals surface area contributed by atoms with Gasteiger partial charge in [-0.05, 0) is 38.1 Å². The molecule has 4 heteroatoms. The minimum absolute atomic E-state index is 0.138. The summed E-state index contributed by atoms with van der Waals surface area (Å²) in [6.45, 7) is 3.57. The number of hydrogen-bond donors (Lipinski definition) is 2. The van der Waals surface area contributed by atoms with E-state index in [0.29, 0.717) is 27.9 Å². The molecule has 0 unspecified atom stereocenters. The average Bonchev–Trinajstić information content (AvgIpc) is 2.54. The van der Waals surface area contributed by atoms with Gasteiger partial charge in [-0.2, -0.15) is 0 Å². The average molecular weight is 322 g/mol. The highest BCUT2D eigenvalue weighted by molar-refractivity contribution is 5.78. The smallest absolute Gasteiger partial charge is 0.210 e. The third-order valence-electron chi connectivity index (χ3n) is 3.70. The molecule has 0 bridgehead atoms. The van der Waals surface area contributed by atoms with Gasteiger partial charge in [0.25, 0.3) is 0 Å². The van der Waals surface area contributed by atoms with Crippen molar-refractivity contribution < 1.29 is 14.6 Å². The molecule has 2 aromatic carbocycles. The molecule has 0 aliphatic rings. The molecule has 0 aliphatic carbocycles. The number of benzene rings is 2. The third kappa shape index (κ3) is 3.15. The first kappa shape index (κ1) is 16.2. The van der Waals surface area contributed by atoms with Gasteiger partial charge < -0.3 is 14.6 Å². The number of fused-ring (bicyclic) bond motifs is 1. The Hall–Kier alpha value is -2.69. The maximum Gasteiger partial charge on any atom is 0.210 e. The summed E-state index contributed by atoms with van der Waals surface area (Å²) in [4.78, 5) is 12.2. The van der Waals surface area contributed by atoms with E-state index >= 15 is 0 Å². The summed E-state index contributed by atoms with van der Waals surface area (Å²) in [6.07, 6.45) is 1.36. The highest BCUT2D eigenvalue weighted by Crippen LogP contribution is 2.27. The van der Waals surface area contributed by atoms with E-state index in [0.717, 1.165) is 5.57 Å². The Bertz CT molecular complexity index is 976. The third-order valence-corrected chi connectivity index (χ3v) is 3.70. The van der Waals surface area contributed by atoms with Crippen molar-refractivity contribution in [1.29, 1.82) is 0 Å². The van der Waals surface area contributed by atoms with Gasteiger partial charge in [0, 0.05) is 17.2 Å². The Kier molecular flexibility index (Phi) is 4.09. The largest absolute Gasteiger partial charge is 0.456 e. The van der Waals surface area contributed by atoms with Crippen LogP contribution < -0.4 is 5.43 Å². The van der Waals surface area contributed by atoms with Crippen LogP contribution in [0.15, 0.2) is 75.5 Å². The van der Waals surface area contributed by atoms with Crippen LogP contribution in [-0.4, -0.2) is 10.2 Å². The zero-order chi connectivity index (χ0) is 17.3. The lowest BCUT2D eigenvalue weighted by molar-refractivity contribution is -0.125. The molecule has 1 heterocycles. The summed E-state index contributed by atoms with van der Waals surface area (Å²) >= 11 is 0. The molecule has 3 aromatic rings. The minimum Gasteiger partial charge on any atom is -0.456 e. The van der Waals surface area contributed by atoms with Crippen LogP contribution in [0.3, 0.4) is 0 Å². The number of rotatable bonds is 3. The van der Waals surface area contributed by atoms with Crippen LogP contribution in [0.25, 0.3) is 22.3 Å². The Morgan fingerprint density at radius 1 is 1.04 bits per heavy atom. The lowest BCUT2D eigenvalue weighted by atomic mass is 10.00. The Morgan fingerprint density at radius 2 is 1.79 bits per heavy atom. The second-order valence-corrected chi connectivity index (χ2v) is 6.00. The summed E-state index contributed by atoms with van der Waals surface area (Å²) in [5.41, 5.74) is 2.04. The molecule has 0 spiro atoms. The first-order chi connectivity index (χ1) is 11.4. The van der Waals surface area contributed by atoms with Gasteiger partial charge >= 0.3 is 0 Å². The van der Waals surface area contributed by atoms with Gasteiger partial charge in [-0.1, -0.05) is 35.9 Å². The molecule has 4 nitrogen and oxygen atoms in total. The maximum atomic E-state index is 12.2. The van der Waals surface area contributed by atoms with Crippen molar-refractivity contribution >= 4 is 11.0 Å². The fourth-order valence-corrected chi connectivity index (χ4v) is 2.63. The summed E-state index contributed by atoms with van der Waals surface area (Å²) < 4.78 is 5.80. The fraction of sp³-hybridized carbons (Fsp3) is 0.150. The summed E-state index contributed by atoms with van der Waals surface area (Å²) in [5, 5.41) is 21.0. The summed E-state index contributed by atoms with van der Waals surface area (Å²) in [7, 11) is 0. The molecule has 24 heavy (non-hydrogen) atoms. The van der Waals surface area contributed by atoms with Crippen molar-refractivity contribution in [3.05, 3.63) is 82.0 Å². The molecule has 1 aromatic heterocycles. The molecule has 0 saturated carbocycles. The van der Waals surface area contributed by atoms with Crippen LogP contribution in [0.4, 0.5) is 0 Å². The number of para-hydroxylation sites is 1. The molecular weight excluding hydrogens is 304 g/mol. The van der Waals surface area contributed by atoms with E-state index in [1.807, 2.05) is 0 Å². The zero-order valence-corrected chi connectivity index (χ0v) is 13.5. The molecule has 122 valence electrons. The van der Waals surface area contributed by atoms with Crippen LogP contribution in [0.1, 0.15) is 19.4 Å². The second kappa shape index (κ2) is 6.07. The van der Waals surface area contributed by atoms with Gasteiger partial charge in [-0.15, -0.1) is 0 Å². The van der Waals surface area contributed by atoms with Crippen LogP contribution >= 0.6 is 0 Å². The van der Waals surface area contributed by atoms with E-state index in [1.54, 1.807) is 62.4 Å². The molecular formula is C20H18O4. The van der Waals surface area contributed by atoms with E-state index in [-0.39, 0.29) is 5.43 Å². The van der Waals surface area contributed by atoms with Gasteiger partial charge in [0.15, 0.2) is 5.43 Å². The first-order valence-corrected chi connectivity index (χ1v) is 7.61. The minimum atomic E-state index is -2.08. The van der Waals surface area contributed by atoms with E-state index < -0.39 is 5.79 Å². The van der Waals surface area contributed by atoms with Crippen molar-refractivity contribution in [3.63, 3.8) is 0 Å². The lowest BCUT2D eigenvalue weighted by Gasteiger charge is -2.19. The highest BCUT2D eigenvalue weighted by atomic mass is 16.5. The Labute approximate surface area is 139 Å². The van der Waals surface area contributed by atoms with Crippen LogP contribution in [0, 0.1) is 0 Å². The Balaban J connectivity index is 2.13. The quantitative estimate of drug-likeness (QED) is 0.571. The molecule has 0 aliphatic heterocycles. The fourth-order valence-electron chi connectivity index (χ4n) is 2.63. The molecule has 0 atom stereocenters. The summed E-state index contributed by atoms with van der Waals surface area (Å²) in [5.74, 6) is -1.69.